The average molecular weight is 105 g/mol. The number of aromatic nitrogens is 1. The van der Waals surface area contributed by atoms with Crippen molar-refractivity contribution in [1.29, 1.82) is 0 Å². The molecule has 1 atom stereocenters. The number of hydrogen-bond acceptors (Lipinski definition) is 1. The average Bonchev–Trinajstić information content (AvgIpc) is 2.46. The molecule has 1 heterocycles. The quantitative estimate of drug-likeness (QED) is 0.487. The van der Waals surface area contributed by atoms with Gasteiger partial charge >= 0.3 is 0 Å². The summed E-state index contributed by atoms with van der Waals surface area (Å²) in [6.07, 6.45) is 1.85. The van der Waals surface area contributed by atoms with Crippen molar-refractivity contribution >= 4 is 0 Å². The zero-order valence-electron chi connectivity index (χ0n) is 4.76. The largest absolute Gasteiger partial charge is 0.260 e. The second kappa shape index (κ2) is 1.10. The first-order chi connectivity index (χ1) is 3.89. The van der Waals surface area contributed by atoms with Crippen LogP contribution in [0.25, 0.3) is 0 Å². The van der Waals surface area contributed by atoms with E-state index in [1.165, 1.54) is 11.3 Å². The molecule has 0 spiro atoms. The molecule has 0 saturated heterocycles. The van der Waals surface area contributed by atoms with Crippen LogP contribution in [0.4, 0.5) is 0 Å². The van der Waals surface area contributed by atoms with E-state index in [1.54, 1.807) is 0 Å². The third-order valence-electron chi connectivity index (χ3n) is 1.66. The lowest BCUT2D eigenvalue weighted by molar-refractivity contribution is 1.10. The molecule has 1 nitrogen and oxygen atoms in total. The molecule has 8 heavy (non-hydrogen) atoms. The van der Waals surface area contributed by atoms with Crippen molar-refractivity contribution in [2.24, 2.45) is 0 Å². The molecule has 0 aromatic carbocycles. The van der Waals surface area contributed by atoms with Crippen LogP contribution in [-0.2, 0) is 0 Å². The van der Waals surface area contributed by atoms with Crippen molar-refractivity contribution in [3.05, 3.63) is 29.6 Å². The number of rotatable bonds is 0. The molecule has 1 aromatic heterocycles. The fourth-order valence-corrected chi connectivity index (χ4v) is 1.03. The van der Waals surface area contributed by atoms with E-state index in [4.69, 9.17) is 0 Å². The molecule has 0 amide bonds. The van der Waals surface area contributed by atoms with Gasteiger partial charge in [0.1, 0.15) is 0 Å². The highest BCUT2D eigenvalue weighted by Crippen LogP contribution is 2.39. The summed E-state index contributed by atoms with van der Waals surface area (Å²) in [6, 6.07) is 4.12. The van der Waals surface area contributed by atoms with Crippen molar-refractivity contribution in [2.45, 2.75) is 12.8 Å². The SMILES string of the molecule is CC1c2cccnc21. The first-order valence-corrected chi connectivity index (χ1v) is 2.84. The Morgan fingerprint density at radius 1 is 1.62 bits per heavy atom. The maximum absolute atomic E-state index is 4.15. The van der Waals surface area contributed by atoms with Crippen LogP contribution in [0.3, 0.4) is 0 Å². The summed E-state index contributed by atoms with van der Waals surface area (Å²) in [5.74, 6) is 0.657. The van der Waals surface area contributed by atoms with Crippen molar-refractivity contribution < 1.29 is 0 Å². The van der Waals surface area contributed by atoms with Gasteiger partial charge in [-0.2, -0.15) is 0 Å². The highest BCUT2D eigenvalue weighted by molar-refractivity contribution is 5.45. The van der Waals surface area contributed by atoms with Gasteiger partial charge in [0.05, 0.1) is 5.69 Å². The maximum Gasteiger partial charge on any atom is 0.0514 e. The monoisotopic (exact) mass is 105 g/mol. The predicted molar refractivity (Wildman–Crippen MR) is 31.8 cm³/mol. The van der Waals surface area contributed by atoms with Gasteiger partial charge in [-0.15, -0.1) is 0 Å². The van der Waals surface area contributed by atoms with Crippen molar-refractivity contribution in [3.63, 3.8) is 0 Å². The van der Waals surface area contributed by atoms with Crippen LogP contribution >= 0.6 is 0 Å². The van der Waals surface area contributed by atoms with E-state index in [9.17, 15) is 0 Å². The van der Waals surface area contributed by atoms with Crippen LogP contribution in [-0.4, -0.2) is 4.98 Å². The molecule has 0 N–H and O–H groups in total. The molecular formula is C7H7N. The van der Waals surface area contributed by atoms with Gasteiger partial charge < -0.3 is 0 Å². The lowest BCUT2D eigenvalue weighted by atomic mass is 10.4. The van der Waals surface area contributed by atoms with Crippen LogP contribution in [0.15, 0.2) is 18.3 Å². The van der Waals surface area contributed by atoms with Crippen LogP contribution in [0.1, 0.15) is 24.1 Å². The normalized spacial score (nSPS) is 22.4. The number of fused-ring (bicyclic) bond motifs is 1. The number of pyridine rings is 1. The molecule has 1 unspecified atom stereocenters. The van der Waals surface area contributed by atoms with Crippen LogP contribution < -0.4 is 0 Å². The van der Waals surface area contributed by atoms with E-state index in [-0.39, 0.29) is 0 Å². The van der Waals surface area contributed by atoms with E-state index in [2.05, 4.69) is 18.0 Å². The van der Waals surface area contributed by atoms with Crippen LogP contribution in [0, 0.1) is 0 Å². The van der Waals surface area contributed by atoms with Gasteiger partial charge in [0, 0.05) is 12.1 Å². The molecule has 2 rings (SSSR count). The van der Waals surface area contributed by atoms with Crippen molar-refractivity contribution in [2.75, 3.05) is 0 Å². The first-order valence-electron chi connectivity index (χ1n) is 2.84. The van der Waals surface area contributed by atoms with Gasteiger partial charge in [0.15, 0.2) is 0 Å². The lowest BCUT2D eigenvalue weighted by Crippen LogP contribution is -1.61. The Labute approximate surface area is 48.4 Å². The zero-order valence-corrected chi connectivity index (χ0v) is 4.76. The molecule has 0 fully saturated rings. The number of hydrogen-bond donors (Lipinski definition) is 0. The minimum absolute atomic E-state index is 0.657. The standard InChI is InChI=1S/C7H7N/c1-5-6-3-2-4-8-7(5)6/h2-5H,1H3. The first kappa shape index (κ1) is 4.07. The van der Waals surface area contributed by atoms with Gasteiger partial charge in [-0.1, -0.05) is 13.0 Å². The summed E-state index contributed by atoms with van der Waals surface area (Å²) < 4.78 is 0. The second-order valence-corrected chi connectivity index (χ2v) is 2.20. The van der Waals surface area contributed by atoms with Crippen molar-refractivity contribution in [3.8, 4) is 0 Å². The minimum Gasteiger partial charge on any atom is -0.260 e. The molecule has 1 aliphatic carbocycles. The number of nitrogens with zero attached hydrogens (tertiary/aromatic N) is 1. The van der Waals surface area contributed by atoms with Gasteiger partial charge in [-0.25, -0.2) is 0 Å². The topological polar surface area (TPSA) is 12.9 Å². The second-order valence-electron chi connectivity index (χ2n) is 2.20. The highest BCUT2D eigenvalue weighted by atomic mass is 14.7. The third kappa shape index (κ3) is 0.340. The van der Waals surface area contributed by atoms with Gasteiger partial charge in [0.25, 0.3) is 0 Å². The van der Waals surface area contributed by atoms with Crippen LogP contribution in [0.5, 0.6) is 0 Å². The molecule has 1 aromatic rings. The highest BCUT2D eigenvalue weighted by Gasteiger charge is 2.28. The molecule has 0 saturated carbocycles. The summed E-state index contributed by atoms with van der Waals surface area (Å²) in [5.41, 5.74) is 2.71. The summed E-state index contributed by atoms with van der Waals surface area (Å²) >= 11 is 0. The van der Waals surface area contributed by atoms with Crippen molar-refractivity contribution in [1.82, 2.24) is 4.98 Å². The Balaban J connectivity index is 2.58. The molecule has 40 valence electrons. The Morgan fingerprint density at radius 3 is 3.00 bits per heavy atom. The Hall–Kier alpha value is -0.850. The molecule has 1 heteroatoms. The van der Waals surface area contributed by atoms with E-state index >= 15 is 0 Å². The smallest absolute Gasteiger partial charge is 0.0514 e. The zero-order chi connectivity index (χ0) is 5.56. The molecule has 0 bridgehead atoms. The molecule has 0 aliphatic heterocycles. The maximum atomic E-state index is 4.15. The van der Waals surface area contributed by atoms with Gasteiger partial charge in [0.2, 0.25) is 0 Å². The fraction of sp³-hybridized carbons (Fsp3) is 0.286. The summed E-state index contributed by atoms with van der Waals surface area (Å²) in [5, 5.41) is 0. The fourth-order valence-electron chi connectivity index (χ4n) is 1.03. The minimum atomic E-state index is 0.657. The Morgan fingerprint density at radius 2 is 2.50 bits per heavy atom. The van der Waals surface area contributed by atoms with Gasteiger partial charge in [-0.05, 0) is 11.6 Å². The van der Waals surface area contributed by atoms with E-state index in [0.29, 0.717) is 5.92 Å². The summed E-state index contributed by atoms with van der Waals surface area (Å²) in [4.78, 5) is 4.15. The lowest BCUT2D eigenvalue weighted by Gasteiger charge is -1.69. The molecule has 0 radical (unpaired) electrons. The summed E-state index contributed by atoms with van der Waals surface area (Å²) in [7, 11) is 0. The third-order valence-corrected chi connectivity index (χ3v) is 1.66. The van der Waals surface area contributed by atoms with E-state index in [0.717, 1.165) is 0 Å². The summed E-state index contributed by atoms with van der Waals surface area (Å²) in [6.45, 7) is 2.18. The van der Waals surface area contributed by atoms with Gasteiger partial charge in [-0.3, -0.25) is 4.98 Å². The van der Waals surface area contributed by atoms with Crippen LogP contribution in [0.2, 0.25) is 0 Å². The Bertz CT molecular complexity index is 194. The molecular weight excluding hydrogens is 98.1 g/mol. The molecule has 1 aliphatic rings. The predicted octanol–water partition coefficient (Wildman–Crippen LogP) is 1.55. The van der Waals surface area contributed by atoms with E-state index in [1.807, 2.05) is 12.3 Å². The van der Waals surface area contributed by atoms with E-state index < -0.39 is 0 Å². The Kier molecular flexibility index (Phi) is 0.562.